The van der Waals surface area contributed by atoms with E-state index in [1.54, 1.807) is 0 Å². The Hall–Kier alpha value is -2.18. The minimum Gasteiger partial charge on any atom is -0.464 e. The molecule has 0 amide bonds. The molecule has 72 valence electrons. The number of carbonyl (C=O) groups is 1. The molecule has 2 N–H and O–H groups in total. The maximum Gasteiger partial charge on any atom is 0.358 e. The summed E-state index contributed by atoms with van der Waals surface area (Å²) in [4.78, 5) is 18.8. The van der Waals surface area contributed by atoms with Crippen LogP contribution in [0.15, 0.2) is 12.4 Å². The van der Waals surface area contributed by atoms with Crippen molar-refractivity contribution in [2.24, 2.45) is 0 Å². The molecule has 0 unspecified atom stereocenters. The largest absolute Gasteiger partial charge is 0.464 e. The third-order valence-electron chi connectivity index (χ3n) is 1.66. The Morgan fingerprint density at radius 1 is 1.57 bits per heavy atom. The van der Waals surface area contributed by atoms with Crippen LogP contribution >= 0.6 is 0 Å². The fourth-order valence-electron chi connectivity index (χ4n) is 0.995. The van der Waals surface area contributed by atoms with Gasteiger partial charge in [-0.1, -0.05) is 0 Å². The molecule has 2 rings (SSSR count). The van der Waals surface area contributed by atoms with Crippen LogP contribution in [0.4, 0.5) is 5.82 Å². The molecule has 14 heavy (non-hydrogen) atoms. The Morgan fingerprint density at radius 2 is 2.36 bits per heavy atom. The summed E-state index contributed by atoms with van der Waals surface area (Å²) >= 11 is 0. The van der Waals surface area contributed by atoms with E-state index in [9.17, 15) is 4.79 Å². The lowest BCUT2D eigenvalue weighted by molar-refractivity contribution is 0.0593. The standard InChI is InChI=1S/C7H7N5O2/c1-14-6(13)4-2-10-12-5(8)3-9-7(12)11-4/h2-3H,8H2,1H3. The zero-order valence-corrected chi connectivity index (χ0v) is 7.34. The van der Waals surface area contributed by atoms with Crippen LogP contribution in [0.25, 0.3) is 5.78 Å². The van der Waals surface area contributed by atoms with Gasteiger partial charge in [-0.05, 0) is 0 Å². The Bertz CT molecular complexity index is 492. The Kier molecular flexibility index (Phi) is 1.77. The number of nitrogens with zero attached hydrogens (tertiary/aromatic N) is 4. The SMILES string of the molecule is COC(=O)c1cnn2c(N)cnc2n1. The van der Waals surface area contributed by atoms with Crippen molar-refractivity contribution in [3.05, 3.63) is 18.1 Å². The highest BCUT2D eigenvalue weighted by molar-refractivity contribution is 5.87. The highest BCUT2D eigenvalue weighted by Gasteiger charge is 2.10. The number of methoxy groups -OCH3 is 1. The quantitative estimate of drug-likeness (QED) is 0.613. The molecule has 0 radical (unpaired) electrons. The number of fused-ring (bicyclic) bond motifs is 1. The molecule has 2 aromatic heterocycles. The Labute approximate surface area is 78.5 Å². The molecular formula is C7H7N5O2. The lowest BCUT2D eigenvalue weighted by Gasteiger charge is -1.97. The van der Waals surface area contributed by atoms with Gasteiger partial charge in [-0.3, -0.25) is 0 Å². The number of nitrogens with two attached hydrogens (primary N) is 1. The fourth-order valence-corrected chi connectivity index (χ4v) is 0.995. The number of carbonyl (C=O) groups excluding carboxylic acids is 1. The highest BCUT2D eigenvalue weighted by Crippen LogP contribution is 2.04. The van der Waals surface area contributed by atoms with Gasteiger partial charge in [0.2, 0.25) is 0 Å². The van der Waals surface area contributed by atoms with E-state index >= 15 is 0 Å². The number of aromatic nitrogens is 4. The van der Waals surface area contributed by atoms with Crippen LogP contribution in [0, 0.1) is 0 Å². The van der Waals surface area contributed by atoms with E-state index in [4.69, 9.17) is 5.73 Å². The minimum atomic E-state index is -0.554. The summed E-state index contributed by atoms with van der Waals surface area (Å²) in [6, 6.07) is 0. The van der Waals surface area contributed by atoms with Gasteiger partial charge in [0.25, 0.3) is 5.78 Å². The first-order chi connectivity index (χ1) is 6.72. The predicted octanol–water partition coefficient (Wildman–Crippen LogP) is -0.507. The van der Waals surface area contributed by atoms with Crippen molar-refractivity contribution in [1.82, 2.24) is 19.6 Å². The van der Waals surface area contributed by atoms with Crippen molar-refractivity contribution in [3.63, 3.8) is 0 Å². The van der Waals surface area contributed by atoms with E-state index in [-0.39, 0.29) is 11.5 Å². The summed E-state index contributed by atoms with van der Waals surface area (Å²) in [5, 5.41) is 3.88. The molecule has 0 spiro atoms. The lowest BCUT2D eigenvalue weighted by atomic mass is 10.5. The third kappa shape index (κ3) is 1.15. The number of imidazole rings is 1. The number of ether oxygens (including phenoxy) is 1. The average Bonchev–Trinajstić information content (AvgIpc) is 2.59. The first-order valence-corrected chi connectivity index (χ1v) is 3.77. The number of hydrogen-bond donors (Lipinski definition) is 1. The molecule has 7 heteroatoms. The van der Waals surface area contributed by atoms with Crippen molar-refractivity contribution in [3.8, 4) is 0 Å². The van der Waals surface area contributed by atoms with E-state index < -0.39 is 5.97 Å². The van der Waals surface area contributed by atoms with Crippen LogP contribution in [-0.4, -0.2) is 32.7 Å². The van der Waals surface area contributed by atoms with E-state index in [1.165, 1.54) is 24.0 Å². The number of nitrogen functional groups attached to an aromatic ring is 1. The smallest absolute Gasteiger partial charge is 0.358 e. The maximum absolute atomic E-state index is 11.1. The predicted molar refractivity (Wildman–Crippen MR) is 46.5 cm³/mol. The Balaban J connectivity index is 2.57. The van der Waals surface area contributed by atoms with E-state index in [2.05, 4.69) is 19.8 Å². The summed E-state index contributed by atoms with van der Waals surface area (Å²) in [5.74, 6) is 0.0795. The van der Waals surface area contributed by atoms with Crippen molar-refractivity contribution in [2.45, 2.75) is 0 Å². The second-order valence-corrected chi connectivity index (χ2v) is 2.53. The summed E-state index contributed by atoms with van der Waals surface area (Å²) in [7, 11) is 1.27. The van der Waals surface area contributed by atoms with Gasteiger partial charge in [0.05, 0.1) is 19.5 Å². The average molecular weight is 193 g/mol. The van der Waals surface area contributed by atoms with Gasteiger partial charge in [0.1, 0.15) is 5.82 Å². The van der Waals surface area contributed by atoms with Gasteiger partial charge < -0.3 is 10.5 Å². The fraction of sp³-hybridized carbons (Fsp3) is 0.143. The Morgan fingerprint density at radius 3 is 3.07 bits per heavy atom. The summed E-state index contributed by atoms with van der Waals surface area (Å²) in [6.45, 7) is 0. The molecule has 0 fully saturated rings. The first-order valence-electron chi connectivity index (χ1n) is 3.77. The summed E-state index contributed by atoms with van der Waals surface area (Å²) < 4.78 is 5.81. The molecule has 2 heterocycles. The van der Waals surface area contributed by atoms with Gasteiger partial charge in [0.15, 0.2) is 5.69 Å². The van der Waals surface area contributed by atoms with Crippen molar-refractivity contribution >= 4 is 17.6 Å². The van der Waals surface area contributed by atoms with Gasteiger partial charge in [-0.2, -0.15) is 9.61 Å². The van der Waals surface area contributed by atoms with Crippen LogP contribution in [0.5, 0.6) is 0 Å². The molecular weight excluding hydrogens is 186 g/mol. The van der Waals surface area contributed by atoms with E-state index in [1.807, 2.05) is 0 Å². The first kappa shape index (κ1) is 8.42. The van der Waals surface area contributed by atoms with E-state index in [0.717, 1.165) is 0 Å². The van der Waals surface area contributed by atoms with Gasteiger partial charge in [0, 0.05) is 0 Å². The number of rotatable bonds is 1. The molecule has 0 saturated carbocycles. The number of hydrogen-bond acceptors (Lipinski definition) is 6. The van der Waals surface area contributed by atoms with Gasteiger partial charge in [-0.25, -0.2) is 14.8 Å². The molecule has 0 saturated heterocycles. The molecule has 0 aliphatic rings. The number of esters is 1. The normalized spacial score (nSPS) is 10.4. The van der Waals surface area contributed by atoms with Crippen LogP contribution < -0.4 is 5.73 Å². The zero-order chi connectivity index (χ0) is 10.1. The molecule has 0 aliphatic carbocycles. The third-order valence-corrected chi connectivity index (χ3v) is 1.66. The van der Waals surface area contributed by atoms with Crippen molar-refractivity contribution < 1.29 is 9.53 Å². The molecule has 2 aromatic rings. The molecule has 0 aromatic carbocycles. The van der Waals surface area contributed by atoms with Crippen LogP contribution in [0.3, 0.4) is 0 Å². The number of anilines is 1. The second-order valence-electron chi connectivity index (χ2n) is 2.53. The molecule has 0 bridgehead atoms. The van der Waals surface area contributed by atoms with Gasteiger partial charge >= 0.3 is 5.97 Å². The lowest BCUT2D eigenvalue weighted by Crippen LogP contribution is -2.08. The monoisotopic (exact) mass is 193 g/mol. The van der Waals surface area contributed by atoms with Crippen molar-refractivity contribution in [1.29, 1.82) is 0 Å². The maximum atomic E-state index is 11.1. The van der Waals surface area contributed by atoms with Crippen LogP contribution in [0.1, 0.15) is 10.5 Å². The second kappa shape index (κ2) is 2.95. The molecule has 7 nitrogen and oxygen atoms in total. The minimum absolute atomic E-state index is 0.102. The van der Waals surface area contributed by atoms with Crippen LogP contribution in [0.2, 0.25) is 0 Å². The summed E-state index contributed by atoms with van der Waals surface area (Å²) in [6.07, 6.45) is 2.69. The van der Waals surface area contributed by atoms with Crippen molar-refractivity contribution in [2.75, 3.05) is 12.8 Å². The highest BCUT2D eigenvalue weighted by atomic mass is 16.5. The zero-order valence-electron chi connectivity index (χ0n) is 7.34. The molecule has 0 atom stereocenters. The van der Waals surface area contributed by atoms with E-state index in [0.29, 0.717) is 5.82 Å². The molecule has 0 aliphatic heterocycles. The summed E-state index contributed by atoms with van der Waals surface area (Å²) in [5.41, 5.74) is 5.62. The van der Waals surface area contributed by atoms with Crippen LogP contribution in [-0.2, 0) is 4.74 Å². The topological polar surface area (TPSA) is 95.4 Å². The van der Waals surface area contributed by atoms with Gasteiger partial charge in [-0.15, -0.1) is 0 Å².